The number of esters is 1. The minimum absolute atomic E-state index is 0.00748. The Labute approximate surface area is 532 Å². The number of unbranched alkanes of at least 4 members (excludes halogenated alkanes) is 56. The summed E-state index contributed by atoms with van der Waals surface area (Å²) in [5, 5.41) is 23.4. The van der Waals surface area contributed by atoms with E-state index in [1.165, 1.54) is 347 Å². The van der Waals surface area contributed by atoms with Crippen LogP contribution in [-0.2, 0) is 14.3 Å². The zero-order valence-corrected chi connectivity index (χ0v) is 57.6. The van der Waals surface area contributed by atoms with Gasteiger partial charge < -0.3 is 20.3 Å². The third-order valence-corrected chi connectivity index (χ3v) is 18.2. The van der Waals surface area contributed by atoms with Gasteiger partial charge in [-0.2, -0.15) is 0 Å². The first-order chi connectivity index (χ1) is 42.0. The fraction of sp³-hybridized carbons (Fsp3) is 0.899. The van der Waals surface area contributed by atoms with Crippen molar-refractivity contribution in [3.05, 3.63) is 36.5 Å². The molecule has 0 aliphatic carbocycles. The number of amides is 1. The molecule has 0 aromatic heterocycles. The number of allylic oxidation sites excluding steroid dienone is 6. The lowest BCUT2D eigenvalue weighted by Crippen LogP contribution is -2.45. The number of rotatable bonds is 73. The predicted octanol–water partition coefficient (Wildman–Crippen LogP) is 25.4. The molecule has 6 nitrogen and oxygen atoms in total. The smallest absolute Gasteiger partial charge is 0.305 e. The van der Waals surface area contributed by atoms with Crippen LogP contribution in [0.4, 0.5) is 0 Å². The molecule has 6 heteroatoms. The van der Waals surface area contributed by atoms with Crippen molar-refractivity contribution in [1.82, 2.24) is 5.32 Å². The van der Waals surface area contributed by atoms with E-state index < -0.39 is 12.1 Å². The second-order valence-electron chi connectivity index (χ2n) is 26.7. The van der Waals surface area contributed by atoms with Crippen molar-refractivity contribution in [2.24, 2.45) is 0 Å². The number of hydrogen-bond donors (Lipinski definition) is 3. The Bertz CT molecular complexity index is 1380. The summed E-state index contributed by atoms with van der Waals surface area (Å²) >= 11 is 0. The van der Waals surface area contributed by atoms with E-state index >= 15 is 0 Å². The van der Waals surface area contributed by atoms with E-state index in [9.17, 15) is 19.8 Å². The zero-order chi connectivity index (χ0) is 61.3. The molecule has 0 spiro atoms. The molecule has 85 heavy (non-hydrogen) atoms. The summed E-state index contributed by atoms with van der Waals surface area (Å²) in [6, 6.07) is -0.541. The second kappa shape index (κ2) is 74.5. The molecule has 0 fully saturated rings. The van der Waals surface area contributed by atoms with Gasteiger partial charge in [0.15, 0.2) is 0 Å². The van der Waals surface area contributed by atoms with Gasteiger partial charge in [0.25, 0.3) is 0 Å². The van der Waals surface area contributed by atoms with Gasteiger partial charge in [0, 0.05) is 12.8 Å². The molecule has 0 aliphatic heterocycles. The lowest BCUT2D eigenvalue weighted by Gasteiger charge is -2.22. The maximum Gasteiger partial charge on any atom is 0.305 e. The van der Waals surface area contributed by atoms with Gasteiger partial charge in [-0.05, 0) is 83.5 Å². The molecule has 0 aliphatic rings. The van der Waals surface area contributed by atoms with Crippen molar-refractivity contribution in [3.8, 4) is 0 Å². The molecule has 0 saturated heterocycles. The van der Waals surface area contributed by atoms with Gasteiger partial charge in [-0.25, -0.2) is 0 Å². The Kier molecular flexibility index (Phi) is 72.9. The summed E-state index contributed by atoms with van der Waals surface area (Å²) in [4.78, 5) is 24.6. The van der Waals surface area contributed by atoms with E-state index in [0.29, 0.717) is 25.9 Å². The topological polar surface area (TPSA) is 95.9 Å². The van der Waals surface area contributed by atoms with Gasteiger partial charge in [0.2, 0.25) is 5.91 Å². The monoisotopic (exact) mass is 1190 g/mol. The standard InChI is InChI=1S/C79H151NO5/c1-3-5-7-9-11-13-15-17-19-21-37-40-43-47-51-55-59-63-67-71-77(82)76(75-81)80-78(83)72-68-64-60-56-52-48-44-41-38-35-33-31-29-27-25-23-22-24-26-28-30-32-34-36-39-42-46-50-54-58-62-66-70-74-85-79(84)73-69-65-61-57-53-49-45-20-18-16-14-12-10-8-6-4-2/h20,26,28,32,34,45,76-77,81-82H,3-19,21-25,27,29-31,33,35-44,46-75H2,1-2H3,(H,80,83)/b28-26-,34-32-,45-20-. The van der Waals surface area contributed by atoms with E-state index in [-0.39, 0.29) is 18.5 Å². The Balaban J connectivity index is 3.38. The molecule has 2 unspecified atom stereocenters. The normalized spacial score (nSPS) is 12.7. The second-order valence-corrected chi connectivity index (χ2v) is 26.7. The molecule has 0 radical (unpaired) electrons. The molecule has 0 heterocycles. The maximum atomic E-state index is 12.5. The van der Waals surface area contributed by atoms with Crippen LogP contribution in [0.3, 0.4) is 0 Å². The molecule has 2 atom stereocenters. The molecule has 0 rings (SSSR count). The largest absolute Gasteiger partial charge is 0.466 e. The third kappa shape index (κ3) is 71.0. The molecule has 3 N–H and O–H groups in total. The number of aliphatic hydroxyl groups is 2. The highest BCUT2D eigenvalue weighted by molar-refractivity contribution is 5.76. The molecule has 502 valence electrons. The van der Waals surface area contributed by atoms with Crippen LogP contribution >= 0.6 is 0 Å². The summed E-state index contributed by atoms with van der Waals surface area (Å²) in [5.74, 6) is -0.0214. The van der Waals surface area contributed by atoms with Crippen LogP contribution in [-0.4, -0.2) is 47.4 Å². The van der Waals surface area contributed by atoms with Gasteiger partial charge in [-0.1, -0.05) is 371 Å². The Hall–Kier alpha value is -1.92. The minimum atomic E-state index is -0.664. The van der Waals surface area contributed by atoms with Gasteiger partial charge in [-0.3, -0.25) is 9.59 Å². The molecular formula is C79H151NO5. The highest BCUT2D eigenvalue weighted by Gasteiger charge is 2.20. The zero-order valence-electron chi connectivity index (χ0n) is 57.6. The highest BCUT2D eigenvalue weighted by atomic mass is 16.5. The molecule has 0 bridgehead atoms. The Morgan fingerprint density at radius 2 is 0.588 bits per heavy atom. The fourth-order valence-corrected chi connectivity index (χ4v) is 12.3. The number of carbonyl (C=O) groups excluding carboxylic acids is 2. The first-order valence-electron chi connectivity index (χ1n) is 38.7. The highest BCUT2D eigenvalue weighted by Crippen LogP contribution is 2.19. The average Bonchev–Trinajstić information content (AvgIpc) is 3.51. The number of aliphatic hydroxyl groups excluding tert-OH is 2. The van der Waals surface area contributed by atoms with E-state index in [2.05, 4.69) is 55.6 Å². The molecule has 0 saturated carbocycles. The summed E-state index contributed by atoms with van der Waals surface area (Å²) in [6.45, 7) is 4.99. The van der Waals surface area contributed by atoms with E-state index in [1.54, 1.807) is 0 Å². The van der Waals surface area contributed by atoms with Crippen molar-refractivity contribution in [2.75, 3.05) is 13.2 Å². The number of hydrogen-bond acceptors (Lipinski definition) is 5. The van der Waals surface area contributed by atoms with E-state index in [0.717, 1.165) is 51.4 Å². The Morgan fingerprint density at radius 1 is 0.329 bits per heavy atom. The Morgan fingerprint density at radius 3 is 0.906 bits per heavy atom. The van der Waals surface area contributed by atoms with Crippen molar-refractivity contribution >= 4 is 11.9 Å². The SMILES string of the molecule is CCCCCCCCC/C=C\CCCCCCCC(=O)OCCCCCCCCCCC/C=C\C/C=C\CCCCCCCCCCCCCCCCCCCC(=O)NC(CO)C(O)CCCCCCCCCCCCCCCCCCCCC. The summed E-state index contributed by atoms with van der Waals surface area (Å²) in [6.07, 6.45) is 96.5. The fourth-order valence-electron chi connectivity index (χ4n) is 12.3. The lowest BCUT2D eigenvalue weighted by molar-refractivity contribution is -0.143. The van der Waals surface area contributed by atoms with Crippen LogP contribution in [0.15, 0.2) is 36.5 Å². The average molecular weight is 1200 g/mol. The van der Waals surface area contributed by atoms with Crippen LogP contribution < -0.4 is 5.32 Å². The summed E-state index contributed by atoms with van der Waals surface area (Å²) in [7, 11) is 0. The summed E-state index contributed by atoms with van der Waals surface area (Å²) in [5.41, 5.74) is 0. The van der Waals surface area contributed by atoms with Crippen LogP contribution in [0.2, 0.25) is 0 Å². The van der Waals surface area contributed by atoms with Crippen LogP contribution in [0.1, 0.15) is 431 Å². The van der Waals surface area contributed by atoms with E-state index in [1.807, 2.05) is 0 Å². The van der Waals surface area contributed by atoms with E-state index in [4.69, 9.17) is 4.74 Å². The van der Waals surface area contributed by atoms with Crippen LogP contribution in [0.5, 0.6) is 0 Å². The molecule has 0 aromatic rings. The number of ether oxygens (including phenoxy) is 1. The van der Waals surface area contributed by atoms with Crippen LogP contribution in [0, 0.1) is 0 Å². The predicted molar refractivity (Wildman–Crippen MR) is 375 cm³/mol. The van der Waals surface area contributed by atoms with Crippen molar-refractivity contribution < 1.29 is 24.5 Å². The molecule has 0 aromatic carbocycles. The molecule has 1 amide bonds. The minimum Gasteiger partial charge on any atom is -0.466 e. The maximum absolute atomic E-state index is 12.5. The molecular weight excluding hydrogens is 1040 g/mol. The van der Waals surface area contributed by atoms with Crippen LogP contribution in [0.25, 0.3) is 0 Å². The number of carbonyl (C=O) groups is 2. The first kappa shape index (κ1) is 83.1. The van der Waals surface area contributed by atoms with Crippen molar-refractivity contribution in [1.29, 1.82) is 0 Å². The summed E-state index contributed by atoms with van der Waals surface area (Å²) < 4.78 is 5.49. The third-order valence-electron chi connectivity index (χ3n) is 18.2. The number of nitrogens with one attached hydrogen (secondary N) is 1. The van der Waals surface area contributed by atoms with Gasteiger partial charge in [0.05, 0.1) is 25.4 Å². The van der Waals surface area contributed by atoms with Crippen molar-refractivity contribution in [3.63, 3.8) is 0 Å². The van der Waals surface area contributed by atoms with Gasteiger partial charge in [-0.15, -0.1) is 0 Å². The van der Waals surface area contributed by atoms with Gasteiger partial charge in [0.1, 0.15) is 0 Å². The first-order valence-corrected chi connectivity index (χ1v) is 38.7. The quantitative estimate of drug-likeness (QED) is 0.0320. The van der Waals surface area contributed by atoms with Crippen molar-refractivity contribution in [2.45, 2.75) is 443 Å². The van der Waals surface area contributed by atoms with Gasteiger partial charge >= 0.3 is 5.97 Å². The lowest BCUT2D eigenvalue weighted by atomic mass is 10.0.